The summed E-state index contributed by atoms with van der Waals surface area (Å²) in [5.41, 5.74) is 2.11. The first-order chi connectivity index (χ1) is 9.88. The lowest BCUT2D eigenvalue weighted by Crippen LogP contribution is -2.31. The number of carbonyl (C=O) groups excluding carboxylic acids is 2. The minimum Gasteiger partial charge on any atom is -0.382 e. The molecule has 0 saturated carbocycles. The lowest BCUT2D eigenvalue weighted by Gasteiger charge is -2.20. The minimum atomic E-state index is -1.44. The SMILES string of the molecule is CC(C)(O)C(=O)c1ccc2c(c1)C(=O)c1ccccc1C2. The zero-order valence-electron chi connectivity index (χ0n) is 12.0. The highest BCUT2D eigenvalue weighted by molar-refractivity contribution is 6.14. The van der Waals surface area contributed by atoms with Crippen molar-refractivity contribution in [3.63, 3.8) is 0 Å². The van der Waals surface area contributed by atoms with Gasteiger partial charge in [0.25, 0.3) is 0 Å². The van der Waals surface area contributed by atoms with Crippen LogP contribution in [0.5, 0.6) is 0 Å². The quantitative estimate of drug-likeness (QED) is 0.734. The van der Waals surface area contributed by atoms with E-state index in [2.05, 4.69) is 0 Å². The van der Waals surface area contributed by atoms with E-state index in [9.17, 15) is 14.7 Å². The minimum absolute atomic E-state index is 0.0581. The van der Waals surface area contributed by atoms with Crippen LogP contribution in [0.2, 0.25) is 0 Å². The lowest BCUT2D eigenvalue weighted by atomic mass is 9.83. The van der Waals surface area contributed by atoms with Crippen molar-refractivity contribution in [3.05, 3.63) is 70.3 Å². The fourth-order valence-electron chi connectivity index (χ4n) is 2.68. The molecule has 3 heteroatoms. The number of hydrogen-bond donors (Lipinski definition) is 1. The largest absolute Gasteiger partial charge is 0.382 e. The summed E-state index contributed by atoms with van der Waals surface area (Å²) in [7, 11) is 0. The van der Waals surface area contributed by atoms with Crippen molar-refractivity contribution in [2.75, 3.05) is 0 Å². The molecule has 106 valence electrons. The van der Waals surface area contributed by atoms with Gasteiger partial charge in [-0.3, -0.25) is 9.59 Å². The molecule has 0 saturated heterocycles. The van der Waals surface area contributed by atoms with Crippen LogP contribution in [0.25, 0.3) is 0 Å². The van der Waals surface area contributed by atoms with Crippen molar-refractivity contribution in [1.82, 2.24) is 0 Å². The molecule has 2 aromatic rings. The van der Waals surface area contributed by atoms with E-state index in [-0.39, 0.29) is 11.6 Å². The second-order valence-corrected chi connectivity index (χ2v) is 5.92. The van der Waals surface area contributed by atoms with Crippen LogP contribution in [0.15, 0.2) is 42.5 Å². The Kier molecular flexibility index (Phi) is 3.03. The lowest BCUT2D eigenvalue weighted by molar-refractivity contribution is 0.0488. The van der Waals surface area contributed by atoms with Crippen LogP contribution < -0.4 is 0 Å². The van der Waals surface area contributed by atoms with Gasteiger partial charge in [0.1, 0.15) is 5.60 Å². The molecule has 21 heavy (non-hydrogen) atoms. The van der Waals surface area contributed by atoms with E-state index in [1.165, 1.54) is 13.8 Å². The average Bonchev–Trinajstić information content (AvgIpc) is 2.45. The molecule has 1 aliphatic rings. The van der Waals surface area contributed by atoms with Gasteiger partial charge >= 0.3 is 0 Å². The van der Waals surface area contributed by atoms with Gasteiger partial charge in [-0.25, -0.2) is 0 Å². The fourth-order valence-corrected chi connectivity index (χ4v) is 2.68. The second kappa shape index (κ2) is 4.64. The molecule has 3 rings (SSSR count). The van der Waals surface area contributed by atoms with Crippen LogP contribution in [0.3, 0.4) is 0 Å². The smallest absolute Gasteiger partial charge is 0.193 e. The highest BCUT2D eigenvalue weighted by Crippen LogP contribution is 2.28. The number of hydrogen-bond acceptors (Lipinski definition) is 3. The standard InChI is InChI=1S/C18H16O3/c1-18(2,21)17(20)13-8-7-12-9-11-5-3-4-6-14(11)16(19)15(12)10-13/h3-8,10,21H,9H2,1-2H3. The number of Topliss-reactive ketones (excluding diaryl/α,β-unsaturated/α-hetero) is 1. The molecule has 0 bridgehead atoms. The molecule has 0 aliphatic heterocycles. The van der Waals surface area contributed by atoms with E-state index in [0.29, 0.717) is 23.1 Å². The predicted octanol–water partition coefficient (Wildman–Crippen LogP) is 2.78. The first kappa shape index (κ1) is 13.7. The Morgan fingerprint density at radius 1 is 1.05 bits per heavy atom. The topological polar surface area (TPSA) is 54.4 Å². The maximum Gasteiger partial charge on any atom is 0.193 e. The molecule has 0 heterocycles. The van der Waals surface area contributed by atoms with Gasteiger partial charge in [0.2, 0.25) is 0 Å². The molecular formula is C18H16O3. The van der Waals surface area contributed by atoms with E-state index in [0.717, 1.165) is 11.1 Å². The summed E-state index contributed by atoms with van der Waals surface area (Å²) >= 11 is 0. The van der Waals surface area contributed by atoms with Crippen LogP contribution in [-0.2, 0) is 6.42 Å². The van der Waals surface area contributed by atoms with Gasteiger partial charge in [-0.1, -0.05) is 36.4 Å². The van der Waals surface area contributed by atoms with Crippen LogP contribution >= 0.6 is 0 Å². The van der Waals surface area contributed by atoms with Crippen molar-refractivity contribution < 1.29 is 14.7 Å². The van der Waals surface area contributed by atoms with Crippen molar-refractivity contribution in [2.24, 2.45) is 0 Å². The summed E-state index contributed by atoms with van der Waals surface area (Å²) in [5.74, 6) is -0.436. The van der Waals surface area contributed by atoms with Crippen molar-refractivity contribution in [2.45, 2.75) is 25.9 Å². The van der Waals surface area contributed by atoms with E-state index in [4.69, 9.17) is 0 Å². The Morgan fingerprint density at radius 3 is 2.43 bits per heavy atom. The molecule has 1 aliphatic carbocycles. The van der Waals surface area contributed by atoms with Crippen LogP contribution in [0.4, 0.5) is 0 Å². The van der Waals surface area contributed by atoms with Gasteiger partial charge in [-0.05, 0) is 37.5 Å². The maximum absolute atomic E-state index is 12.6. The zero-order valence-corrected chi connectivity index (χ0v) is 12.0. The second-order valence-electron chi connectivity index (χ2n) is 5.92. The van der Waals surface area contributed by atoms with E-state index in [1.807, 2.05) is 30.3 Å². The van der Waals surface area contributed by atoms with Crippen LogP contribution in [-0.4, -0.2) is 22.3 Å². The summed E-state index contributed by atoms with van der Waals surface area (Å²) in [6.07, 6.45) is 0.689. The summed E-state index contributed by atoms with van der Waals surface area (Å²) in [6.45, 7) is 2.90. The summed E-state index contributed by atoms with van der Waals surface area (Å²) < 4.78 is 0. The Morgan fingerprint density at radius 2 is 1.71 bits per heavy atom. The molecule has 0 unspecified atom stereocenters. The highest BCUT2D eigenvalue weighted by atomic mass is 16.3. The molecule has 0 spiro atoms. The first-order valence-corrected chi connectivity index (χ1v) is 6.90. The molecule has 0 fully saturated rings. The molecule has 0 amide bonds. The Labute approximate surface area is 123 Å². The van der Waals surface area contributed by atoms with E-state index in [1.54, 1.807) is 12.1 Å². The Bertz CT molecular complexity index is 751. The highest BCUT2D eigenvalue weighted by Gasteiger charge is 2.28. The molecule has 0 aromatic heterocycles. The normalized spacial score (nSPS) is 13.6. The monoisotopic (exact) mass is 280 g/mol. The zero-order chi connectivity index (χ0) is 15.2. The number of fused-ring (bicyclic) bond motifs is 2. The number of aliphatic hydroxyl groups is 1. The predicted molar refractivity (Wildman–Crippen MR) is 79.8 cm³/mol. The van der Waals surface area contributed by atoms with Crippen molar-refractivity contribution >= 4 is 11.6 Å². The molecule has 1 N–H and O–H groups in total. The number of benzene rings is 2. The summed E-state index contributed by atoms with van der Waals surface area (Å²) in [6, 6.07) is 12.6. The van der Waals surface area contributed by atoms with Gasteiger partial charge in [0.15, 0.2) is 11.6 Å². The Balaban J connectivity index is 2.08. The number of rotatable bonds is 2. The Hall–Kier alpha value is -2.26. The summed E-state index contributed by atoms with van der Waals surface area (Å²) in [5, 5.41) is 9.83. The molecule has 0 radical (unpaired) electrons. The van der Waals surface area contributed by atoms with Crippen LogP contribution in [0, 0.1) is 0 Å². The van der Waals surface area contributed by atoms with Gasteiger partial charge in [-0.15, -0.1) is 0 Å². The molecule has 2 aromatic carbocycles. The summed E-state index contributed by atoms with van der Waals surface area (Å²) in [4.78, 5) is 24.7. The van der Waals surface area contributed by atoms with Gasteiger partial charge in [-0.2, -0.15) is 0 Å². The molecule has 0 atom stereocenters. The number of carbonyl (C=O) groups is 2. The van der Waals surface area contributed by atoms with Gasteiger partial charge in [0.05, 0.1) is 0 Å². The van der Waals surface area contributed by atoms with E-state index >= 15 is 0 Å². The molecular weight excluding hydrogens is 264 g/mol. The average molecular weight is 280 g/mol. The fraction of sp³-hybridized carbons (Fsp3) is 0.222. The third kappa shape index (κ3) is 2.30. The van der Waals surface area contributed by atoms with E-state index < -0.39 is 5.60 Å². The van der Waals surface area contributed by atoms with Gasteiger partial charge < -0.3 is 5.11 Å². The third-order valence-electron chi connectivity index (χ3n) is 3.82. The van der Waals surface area contributed by atoms with Gasteiger partial charge in [0, 0.05) is 16.7 Å². The number of ketones is 2. The van der Waals surface area contributed by atoms with Crippen LogP contribution in [0.1, 0.15) is 51.3 Å². The van der Waals surface area contributed by atoms with Crippen molar-refractivity contribution in [1.29, 1.82) is 0 Å². The first-order valence-electron chi connectivity index (χ1n) is 6.90. The molecule has 3 nitrogen and oxygen atoms in total. The van der Waals surface area contributed by atoms with Crippen molar-refractivity contribution in [3.8, 4) is 0 Å². The maximum atomic E-state index is 12.6. The third-order valence-corrected chi connectivity index (χ3v) is 3.82.